The second-order valence-corrected chi connectivity index (χ2v) is 5.91. The number of nitrogens with one attached hydrogen (secondary N) is 1. The summed E-state index contributed by atoms with van der Waals surface area (Å²) in [6.45, 7) is 4.43. The van der Waals surface area contributed by atoms with Gasteiger partial charge < -0.3 is 19.9 Å². The molecule has 2 aliphatic rings. The minimum absolute atomic E-state index is 0.0737. The van der Waals surface area contributed by atoms with E-state index in [1.54, 1.807) is 0 Å². The zero-order valence-electron chi connectivity index (χ0n) is 14.1. The average molecular weight is 336 g/mol. The number of carbonyl (C=O) groups is 1. The maximum Gasteiger partial charge on any atom is 0.244 e. The molecule has 0 radical (unpaired) electrons. The zero-order chi connectivity index (χ0) is 17.2. The fourth-order valence-corrected chi connectivity index (χ4v) is 3.22. The molecule has 1 N–H and O–H groups in total. The number of nitrogens with zero attached hydrogens (tertiary/aromatic N) is 3. The van der Waals surface area contributed by atoms with Gasteiger partial charge >= 0.3 is 0 Å². The van der Waals surface area contributed by atoms with E-state index in [4.69, 9.17) is 4.74 Å². The van der Waals surface area contributed by atoms with Gasteiger partial charge in [0, 0.05) is 12.2 Å². The Hall–Kier alpha value is -3.02. The first-order valence-corrected chi connectivity index (χ1v) is 8.47. The molecular formula is C19H20N4O2. The highest BCUT2D eigenvalue weighted by Crippen LogP contribution is 2.38. The Morgan fingerprint density at radius 3 is 2.68 bits per heavy atom. The third-order valence-corrected chi connectivity index (χ3v) is 4.27. The molecule has 128 valence electrons. The van der Waals surface area contributed by atoms with E-state index < -0.39 is 0 Å². The summed E-state index contributed by atoms with van der Waals surface area (Å²) in [4.78, 5) is 21.2. The maximum absolute atomic E-state index is 12.5. The number of anilines is 3. The standard InChI is InChI=1S/C19H20N4O2/c1-2-25-15-9-7-14(8-10-15)21-18(24)13-23-17-6-4-3-5-16(17)22-12-11-20-19(22)23/h3-10H,2,11-13H2,1H3,(H,21,24). The minimum Gasteiger partial charge on any atom is -0.494 e. The van der Waals surface area contributed by atoms with Gasteiger partial charge in [0.25, 0.3) is 0 Å². The van der Waals surface area contributed by atoms with E-state index in [1.807, 2.05) is 54.3 Å². The van der Waals surface area contributed by atoms with E-state index >= 15 is 0 Å². The number of fused-ring (bicyclic) bond motifs is 3. The first-order valence-electron chi connectivity index (χ1n) is 8.47. The topological polar surface area (TPSA) is 57.2 Å². The number of ether oxygens (including phenoxy) is 1. The molecule has 2 aromatic carbocycles. The molecule has 0 bridgehead atoms. The van der Waals surface area contributed by atoms with Gasteiger partial charge in [0.2, 0.25) is 11.9 Å². The molecule has 0 spiro atoms. The normalized spacial score (nSPS) is 14.8. The molecule has 2 aromatic rings. The second kappa shape index (κ2) is 6.47. The molecule has 0 fully saturated rings. The van der Waals surface area contributed by atoms with Crippen molar-refractivity contribution >= 4 is 28.9 Å². The van der Waals surface area contributed by atoms with Crippen molar-refractivity contribution in [2.45, 2.75) is 6.92 Å². The van der Waals surface area contributed by atoms with Crippen molar-refractivity contribution < 1.29 is 9.53 Å². The van der Waals surface area contributed by atoms with Gasteiger partial charge in [-0.25, -0.2) is 0 Å². The lowest BCUT2D eigenvalue weighted by molar-refractivity contribution is -0.114. The van der Waals surface area contributed by atoms with E-state index in [2.05, 4.69) is 21.3 Å². The van der Waals surface area contributed by atoms with Crippen LogP contribution in [0, 0.1) is 0 Å². The molecule has 1 amide bonds. The number of hydrogen-bond donors (Lipinski definition) is 1. The van der Waals surface area contributed by atoms with E-state index in [0.29, 0.717) is 6.61 Å². The third-order valence-electron chi connectivity index (χ3n) is 4.27. The van der Waals surface area contributed by atoms with Crippen LogP contribution in [0.3, 0.4) is 0 Å². The predicted octanol–water partition coefficient (Wildman–Crippen LogP) is 2.72. The Bertz CT molecular complexity index is 816. The number of carbonyl (C=O) groups excluding carboxylic acids is 1. The molecule has 2 heterocycles. The molecule has 0 aliphatic carbocycles. The van der Waals surface area contributed by atoms with Gasteiger partial charge in [-0.3, -0.25) is 9.79 Å². The lowest BCUT2D eigenvalue weighted by atomic mass is 10.2. The number of hydrogen-bond acceptors (Lipinski definition) is 5. The van der Waals surface area contributed by atoms with Crippen LogP contribution in [0.15, 0.2) is 53.5 Å². The zero-order valence-corrected chi connectivity index (χ0v) is 14.1. The Labute approximate surface area is 146 Å². The smallest absolute Gasteiger partial charge is 0.244 e. The van der Waals surface area contributed by atoms with Crippen LogP contribution in [0.5, 0.6) is 5.75 Å². The van der Waals surface area contributed by atoms with Crippen LogP contribution in [-0.4, -0.2) is 38.1 Å². The summed E-state index contributed by atoms with van der Waals surface area (Å²) in [5.74, 6) is 1.59. The molecule has 2 aliphatic heterocycles. The van der Waals surface area contributed by atoms with Crippen LogP contribution in [0.1, 0.15) is 6.92 Å². The molecule has 4 rings (SSSR count). The number of guanidine groups is 1. The van der Waals surface area contributed by atoms with Crippen LogP contribution in [0.4, 0.5) is 17.1 Å². The molecular weight excluding hydrogens is 316 g/mol. The first kappa shape index (κ1) is 15.5. The highest BCUT2D eigenvalue weighted by Gasteiger charge is 2.35. The Balaban J connectivity index is 1.47. The van der Waals surface area contributed by atoms with Crippen molar-refractivity contribution in [3.05, 3.63) is 48.5 Å². The number of rotatable bonds is 5. The second-order valence-electron chi connectivity index (χ2n) is 5.91. The van der Waals surface area contributed by atoms with Crippen molar-refractivity contribution in [1.29, 1.82) is 0 Å². The summed E-state index contributed by atoms with van der Waals surface area (Å²) in [6, 6.07) is 15.5. The monoisotopic (exact) mass is 336 g/mol. The SMILES string of the molecule is CCOc1ccc(NC(=O)CN2C3=NCCN3c3ccccc32)cc1. The van der Waals surface area contributed by atoms with Gasteiger partial charge in [0.05, 0.1) is 24.5 Å². The van der Waals surface area contributed by atoms with E-state index in [1.165, 1.54) is 0 Å². The van der Waals surface area contributed by atoms with E-state index in [0.717, 1.165) is 41.9 Å². The molecule has 25 heavy (non-hydrogen) atoms. The summed E-state index contributed by atoms with van der Waals surface area (Å²) in [7, 11) is 0. The van der Waals surface area contributed by atoms with Crippen LogP contribution >= 0.6 is 0 Å². The minimum atomic E-state index is -0.0737. The highest BCUT2D eigenvalue weighted by atomic mass is 16.5. The number of amides is 1. The van der Waals surface area contributed by atoms with Crippen molar-refractivity contribution in [2.75, 3.05) is 41.4 Å². The Kier molecular flexibility index (Phi) is 4.01. The van der Waals surface area contributed by atoms with Crippen molar-refractivity contribution in [3.8, 4) is 5.75 Å². The summed E-state index contributed by atoms with van der Waals surface area (Å²) >= 11 is 0. The third kappa shape index (κ3) is 2.91. The van der Waals surface area contributed by atoms with E-state index in [9.17, 15) is 4.79 Å². The quantitative estimate of drug-likeness (QED) is 0.912. The van der Waals surface area contributed by atoms with Gasteiger partial charge in [-0.05, 0) is 43.3 Å². The molecule has 0 saturated carbocycles. The molecule has 6 heteroatoms. The average Bonchev–Trinajstić information content (AvgIpc) is 3.20. The lowest BCUT2D eigenvalue weighted by Gasteiger charge is -2.19. The highest BCUT2D eigenvalue weighted by molar-refractivity contribution is 6.19. The predicted molar refractivity (Wildman–Crippen MR) is 99.7 cm³/mol. The molecule has 0 aromatic heterocycles. The number of para-hydroxylation sites is 2. The first-order chi connectivity index (χ1) is 12.3. The fourth-order valence-electron chi connectivity index (χ4n) is 3.22. The van der Waals surface area contributed by atoms with Crippen molar-refractivity contribution in [3.63, 3.8) is 0 Å². The van der Waals surface area contributed by atoms with Gasteiger partial charge in [0.1, 0.15) is 12.3 Å². The molecule has 0 unspecified atom stereocenters. The van der Waals surface area contributed by atoms with Crippen LogP contribution in [0.2, 0.25) is 0 Å². The largest absolute Gasteiger partial charge is 0.494 e. The summed E-state index contributed by atoms with van der Waals surface area (Å²) in [5.41, 5.74) is 2.90. The maximum atomic E-state index is 12.5. The van der Waals surface area contributed by atoms with E-state index in [-0.39, 0.29) is 12.5 Å². The van der Waals surface area contributed by atoms with Crippen LogP contribution < -0.4 is 19.9 Å². The van der Waals surface area contributed by atoms with Gasteiger partial charge in [-0.2, -0.15) is 0 Å². The van der Waals surface area contributed by atoms with Gasteiger partial charge in [-0.15, -0.1) is 0 Å². The molecule has 0 atom stereocenters. The molecule has 6 nitrogen and oxygen atoms in total. The number of benzene rings is 2. The number of aliphatic imine (C=N–C) groups is 1. The molecule has 0 saturated heterocycles. The van der Waals surface area contributed by atoms with Crippen molar-refractivity contribution in [1.82, 2.24) is 0 Å². The Morgan fingerprint density at radius 2 is 1.92 bits per heavy atom. The summed E-state index contributed by atoms with van der Waals surface area (Å²) in [6.07, 6.45) is 0. The van der Waals surface area contributed by atoms with Crippen LogP contribution in [-0.2, 0) is 4.79 Å². The van der Waals surface area contributed by atoms with Crippen LogP contribution in [0.25, 0.3) is 0 Å². The van der Waals surface area contributed by atoms with Gasteiger partial charge in [0.15, 0.2) is 0 Å². The summed E-state index contributed by atoms with van der Waals surface area (Å²) < 4.78 is 5.42. The Morgan fingerprint density at radius 1 is 1.16 bits per heavy atom. The van der Waals surface area contributed by atoms with Gasteiger partial charge in [-0.1, -0.05) is 12.1 Å². The fraction of sp³-hybridized carbons (Fsp3) is 0.263. The lowest BCUT2D eigenvalue weighted by Crippen LogP contribution is -2.40. The summed E-state index contributed by atoms with van der Waals surface area (Å²) in [5, 5.41) is 2.94. The van der Waals surface area contributed by atoms with Crippen molar-refractivity contribution in [2.24, 2.45) is 4.99 Å².